The van der Waals surface area contributed by atoms with Crippen LogP contribution < -0.4 is 10.6 Å². The minimum atomic E-state index is -4.02. The molecule has 11 nitrogen and oxygen atoms in total. The number of hydrogen-bond donors (Lipinski definition) is 1. The zero-order valence-corrected chi connectivity index (χ0v) is 25.2. The summed E-state index contributed by atoms with van der Waals surface area (Å²) in [5.41, 5.74) is 6.19. The Hall–Kier alpha value is -2.67. The Bertz CT molecular complexity index is 1360. The number of nitrogens with zero attached hydrogens (tertiary/aromatic N) is 6. The van der Waals surface area contributed by atoms with Crippen LogP contribution in [0.3, 0.4) is 0 Å². The molecule has 0 bridgehead atoms. The van der Waals surface area contributed by atoms with Gasteiger partial charge in [0.05, 0.1) is 5.56 Å². The van der Waals surface area contributed by atoms with Gasteiger partial charge in [-0.15, -0.1) is 0 Å². The largest absolute Gasteiger partial charge is 0.369 e. The molecule has 0 atom stereocenters. The third-order valence-electron chi connectivity index (χ3n) is 8.71. The first-order chi connectivity index (χ1) is 19.7. The van der Waals surface area contributed by atoms with Gasteiger partial charge in [-0.05, 0) is 63.4 Å². The second kappa shape index (κ2) is 12.3. The molecular formula is C28H40ClN7O4S. The second-order valence-electron chi connectivity index (χ2n) is 11.2. The van der Waals surface area contributed by atoms with E-state index in [-0.39, 0.29) is 35.5 Å². The van der Waals surface area contributed by atoms with Crippen LogP contribution in [-0.2, 0) is 21.4 Å². The molecular weight excluding hydrogens is 566 g/mol. The summed E-state index contributed by atoms with van der Waals surface area (Å²) in [7, 11) is -4.02. The van der Waals surface area contributed by atoms with E-state index >= 15 is 0 Å². The number of benzene rings is 1. The number of rotatable bonds is 8. The van der Waals surface area contributed by atoms with Crippen molar-refractivity contribution in [3.05, 3.63) is 41.0 Å². The molecule has 3 fully saturated rings. The maximum Gasteiger partial charge on any atom is 0.263 e. The number of hydrogen-bond acceptors (Lipinski definition) is 7. The van der Waals surface area contributed by atoms with E-state index in [1.54, 1.807) is 21.8 Å². The van der Waals surface area contributed by atoms with Crippen LogP contribution in [0.25, 0.3) is 0 Å². The molecule has 0 spiro atoms. The molecule has 3 saturated heterocycles. The second-order valence-corrected chi connectivity index (χ2v) is 13.5. The van der Waals surface area contributed by atoms with Crippen molar-refractivity contribution in [2.75, 3.05) is 57.3 Å². The van der Waals surface area contributed by atoms with E-state index in [4.69, 9.17) is 17.3 Å². The van der Waals surface area contributed by atoms with E-state index < -0.39 is 15.6 Å². The summed E-state index contributed by atoms with van der Waals surface area (Å²) in [5.74, 6) is -0.720. The maximum atomic E-state index is 13.9. The van der Waals surface area contributed by atoms with Crippen molar-refractivity contribution in [3.63, 3.8) is 0 Å². The maximum absolute atomic E-state index is 13.9. The van der Waals surface area contributed by atoms with Crippen LogP contribution in [0.1, 0.15) is 55.8 Å². The van der Waals surface area contributed by atoms with Gasteiger partial charge in [-0.1, -0.05) is 31.0 Å². The normalized spacial score (nSPS) is 20.7. The van der Waals surface area contributed by atoms with Crippen LogP contribution in [-0.4, -0.2) is 102 Å². The average Bonchev–Trinajstić information content (AvgIpc) is 3.42. The smallest absolute Gasteiger partial charge is 0.263 e. The Morgan fingerprint density at radius 1 is 1.00 bits per heavy atom. The molecule has 2 amide bonds. The lowest BCUT2D eigenvalue weighted by Crippen LogP contribution is -2.63. The third-order valence-corrected chi connectivity index (χ3v) is 10.8. The van der Waals surface area contributed by atoms with E-state index in [9.17, 15) is 18.0 Å². The van der Waals surface area contributed by atoms with Gasteiger partial charge >= 0.3 is 0 Å². The summed E-state index contributed by atoms with van der Waals surface area (Å²) < 4.78 is 30.7. The fraction of sp³-hybridized carbons (Fsp3) is 0.607. The highest BCUT2D eigenvalue weighted by molar-refractivity contribution is 7.89. The molecule has 5 rings (SSSR count). The van der Waals surface area contributed by atoms with Crippen molar-refractivity contribution in [3.8, 4) is 0 Å². The highest BCUT2D eigenvalue weighted by atomic mass is 35.5. The molecule has 224 valence electrons. The molecule has 41 heavy (non-hydrogen) atoms. The van der Waals surface area contributed by atoms with Crippen molar-refractivity contribution in [1.82, 2.24) is 23.9 Å². The lowest BCUT2D eigenvalue weighted by molar-refractivity contribution is -0.134. The average molecular weight is 606 g/mol. The monoisotopic (exact) mass is 605 g/mol. The van der Waals surface area contributed by atoms with Crippen LogP contribution in [0.5, 0.6) is 0 Å². The molecule has 1 aromatic carbocycles. The minimum absolute atomic E-state index is 0.0836. The number of aryl methyl sites for hydroxylation is 1. The van der Waals surface area contributed by atoms with E-state index in [1.807, 2.05) is 25.1 Å². The number of primary amides is 1. The number of halogens is 1. The third kappa shape index (κ3) is 5.97. The summed E-state index contributed by atoms with van der Waals surface area (Å²) in [6, 6.07) is 7.50. The Morgan fingerprint density at radius 3 is 2.29 bits per heavy atom. The zero-order valence-electron chi connectivity index (χ0n) is 23.7. The quantitative estimate of drug-likeness (QED) is 0.490. The fourth-order valence-corrected chi connectivity index (χ4v) is 8.06. The van der Waals surface area contributed by atoms with Gasteiger partial charge in [-0.3, -0.25) is 19.2 Å². The number of piperidine rings is 2. The number of aromatic nitrogens is 2. The van der Waals surface area contributed by atoms with Crippen LogP contribution in [0.2, 0.25) is 5.02 Å². The van der Waals surface area contributed by atoms with Crippen LogP contribution in [0.4, 0.5) is 5.69 Å². The molecule has 3 aliphatic rings. The molecule has 13 heteroatoms. The van der Waals surface area contributed by atoms with Crippen molar-refractivity contribution in [2.24, 2.45) is 5.73 Å². The summed E-state index contributed by atoms with van der Waals surface area (Å²) in [6.07, 6.45) is 6.38. The predicted octanol–water partition coefficient (Wildman–Crippen LogP) is 2.40. The standard InChI is InChI=1S/C28H40ClN7O4S/c1-2-11-35-21-24(26(37)33-14-9-28(10-15-33,27(30)38)34-12-4-3-5-13-34)25(31-35)41(39,40)36-18-16-32(17-19-36)23-8-6-7-22(29)20-23/h6-8,20-21H,2-5,9-19H2,1H3,(H2,30,38). The molecule has 0 aliphatic carbocycles. The molecule has 0 radical (unpaired) electrons. The van der Waals surface area contributed by atoms with E-state index in [1.165, 1.54) is 4.31 Å². The van der Waals surface area contributed by atoms with Crippen LogP contribution in [0.15, 0.2) is 35.5 Å². The van der Waals surface area contributed by atoms with Crippen molar-refractivity contribution < 1.29 is 18.0 Å². The molecule has 0 saturated carbocycles. The predicted molar refractivity (Wildman–Crippen MR) is 157 cm³/mol. The SMILES string of the molecule is CCCn1cc(C(=O)N2CCC(C(N)=O)(N3CCCCC3)CC2)c(S(=O)(=O)N2CCN(c3cccc(Cl)c3)CC2)n1. The number of carbonyl (C=O) groups excluding carboxylic acids is 2. The topological polar surface area (TPSA) is 125 Å². The summed E-state index contributed by atoms with van der Waals surface area (Å²) >= 11 is 6.15. The van der Waals surface area contributed by atoms with Gasteiger partial charge in [0.1, 0.15) is 5.54 Å². The molecule has 4 heterocycles. The van der Waals surface area contributed by atoms with Gasteiger partial charge in [0.2, 0.25) is 10.9 Å². The molecule has 1 aromatic heterocycles. The fourth-order valence-electron chi connectivity index (χ4n) is 6.36. The number of likely N-dealkylation sites (tertiary alicyclic amines) is 2. The van der Waals surface area contributed by atoms with Crippen molar-refractivity contribution in [1.29, 1.82) is 0 Å². The Kier molecular flexibility index (Phi) is 8.93. The van der Waals surface area contributed by atoms with Gasteiger partial charge in [0, 0.05) is 62.7 Å². The highest BCUT2D eigenvalue weighted by Crippen LogP contribution is 2.33. The Morgan fingerprint density at radius 2 is 1.68 bits per heavy atom. The van der Waals surface area contributed by atoms with Gasteiger partial charge < -0.3 is 15.5 Å². The molecule has 0 unspecified atom stereocenters. The number of carbonyl (C=O) groups is 2. The molecule has 2 aromatic rings. The van der Waals surface area contributed by atoms with E-state index in [0.717, 1.165) is 44.5 Å². The van der Waals surface area contributed by atoms with Crippen molar-refractivity contribution in [2.45, 2.75) is 62.6 Å². The summed E-state index contributed by atoms with van der Waals surface area (Å²) in [4.78, 5) is 32.4. The van der Waals surface area contributed by atoms with Crippen LogP contribution >= 0.6 is 11.6 Å². The highest BCUT2D eigenvalue weighted by Gasteiger charge is 2.46. The summed E-state index contributed by atoms with van der Waals surface area (Å²) in [6.45, 7) is 6.31. The number of nitrogens with two attached hydrogens (primary N) is 1. The first kappa shape index (κ1) is 29.8. The zero-order chi connectivity index (χ0) is 29.2. The number of sulfonamides is 1. The number of amides is 2. The van der Waals surface area contributed by atoms with Crippen LogP contribution in [0, 0.1) is 0 Å². The first-order valence-corrected chi connectivity index (χ1v) is 16.4. The van der Waals surface area contributed by atoms with E-state index in [2.05, 4.69) is 14.9 Å². The summed E-state index contributed by atoms with van der Waals surface area (Å²) in [5, 5.41) is 4.84. The lowest BCUT2D eigenvalue weighted by atomic mass is 9.83. The lowest BCUT2D eigenvalue weighted by Gasteiger charge is -2.48. The Balaban J connectivity index is 1.33. The van der Waals surface area contributed by atoms with Gasteiger partial charge in [-0.2, -0.15) is 9.40 Å². The van der Waals surface area contributed by atoms with E-state index in [0.29, 0.717) is 50.6 Å². The van der Waals surface area contributed by atoms with Crippen molar-refractivity contribution >= 4 is 39.1 Å². The van der Waals surface area contributed by atoms with Gasteiger partial charge in [0.15, 0.2) is 0 Å². The Labute approximate surface area is 247 Å². The molecule has 2 N–H and O–H groups in total. The van der Waals surface area contributed by atoms with Gasteiger partial charge in [-0.25, -0.2) is 8.42 Å². The number of anilines is 1. The number of piperazine rings is 1. The van der Waals surface area contributed by atoms with Gasteiger partial charge in [0.25, 0.3) is 15.9 Å². The minimum Gasteiger partial charge on any atom is -0.369 e. The first-order valence-electron chi connectivity index (χ1n) is 14.6. The molecule has 3 aliphatic heterocycles.